The maximum absolute atomic E-state index is 12.9. The molecule has 2 heterocycles. The Morgan fingerprint density at radius 3 is 2.58 bits per heavy atom. The van der Waals surface area contributed by atoms with Gasteiger partial charge in [0.15, 0.2) is 0 Å². The van der Waals surface area contributed by atoms with E-state index >= 15 is 0 Å². The lowest BCUT2D eigenvalue weighted by atomic mass is 9.87. The Morgan fingerprint density at radius 1 is 1.13 bits per heavy atom. The van der Waals surface area contributed by atoms with Crippen molar-refractivity contribution < 1.29 is 9.59 Å². The van der Waals surface area contributed by atoms with E-state index in [0.717, 1.165) is 34.6 Å². The van der Waals surface area contributed by atoms with Crippen molar-refractivity contribution in [2.24, 2.45) is 0 Å². The van der Waals surface area contributed by atoms with Crippen LogP contribution in [0.15, 0.2) is 48.5 Å². The number of thiazole rings is 1. The van der Waals surface area contributed by atoms with E-state index in [9.17, 15) is 9.59 Å². The van der Waals surface area contributed by atoms with E-state index in [1.807, 2.05) is 47.4 Å². The molecule has 1 fully saturated rings. The van der Waals surface area contributed by atoms with Crippen LogP contribution in [-0.4, -0.2) is 34.8 Å². The molecule has 0 bridgehead atoms. The molecule has 4 rings (SSSR count). The average molecular weight is 436 g/mol. The van der Waals surface area contributed by atoms with Gasteiger partial charge in [-0.2, -0.15) is 0 Å². The number of fused-ring (bicyclic) bond motifs is 1. The van der Waals surface area contributed by atoms with Gasteiger partial charge in [-0.3, -0.25) is 9.59 Å². The minimum Gasteiger partial charge on any atom is -0.352 e. The van der Waals surface area contributed by atoms with Gasteiger partial charge in [-0.25, -0.2) is 4.98 Å². The van der Waals surface area contributed by atoms with E-state index in [4.69, 9.17) is 4.98 Å². The number of para-hydroxylation sites is 1. The highest BCUT2D eigenvalue weighted by Gasteiger charge is 2.31. The predicted octanol–water partition coefficient (Wildman–Crippen LogP) is 5.08. The summed E-state index contributed by atoms with van der Waals surface area (Å²) in [6, 6.07) is 15.8. The van der Waals surface area contributed by atoms with Gasteiger partial charge in [-0.05, 0) is 48.1 Å². The van der Waals surface area contributed by atoms with E-state index in [2.05, 4.69) is 32.2 Å². The fourth-order valence-corrected chi connectivity index (χ4v) is 5.12. The first-order valence-electron chi connectivity index (χ1n) is 10.9. The van der Waals surface area contributed by atoms with Crippen molar-refractivity contribution in [3.63, 3.8) is 0 Å². The van der Waals surface area contributed by atoms with Crippen LogP contribution < -0.4 is 5.32 Å². The molecule has 1 atom stereocenters. The molecule has 6 heteroatoms. The highest BCUT2D eigenvalue weighted by atomic mass is 32.1. The lowest BCUT2D eigenvalue weighted by Gasteiger charge is -2.23. The third kappa shape index (κ3) is 4.79. The van der Waals surface area contributed by atoms with Crippen LogP contribution in [0.5, 0.6) is 0 Å². The van der Waals surface area contributed by atoms with Crippen LogP contribution in [0, 0.1) is 0 Å². The quantitative estimate of drug-likeness (QED) is 0.608. The summed E-state index contributed by atoms with van der Waals surface area (Å²) in [5.74, 6) is -0.0671. The molecule has 1 aromatic heterocycles. The Balaban J connectivity index is 1.33. The maximum atomic E-state index is 12.9. The van der Waals surface area contributed by atoms with Crippen molar-refractivity contribution >= 4 is 33.4 Å². The molecule has 1 N–H and O–H groups in total. The zero-order valence-electron chi connectivity index (χ0n) is 18.4. The predicted molar refractivity (Wildman–Crippen MR) is 125 cm³/mol. The Labute approximate surface area is 187 Å². The standard InChI is InChI=1S/C25H29N3O2S/c1-25(2,3)18-12-10-17(11-13-18)23(30)26-15-14-22(29)28-16-6-8-20(28)24-27-19-7-4-5-9-21(19)31-24/h4-5,7,9-13,20H,6,8,14-16H2,1-3H3,(H,26,30)/t20-/m1/s1. The first-order valence-corrected chi connectivity index (χ1v) is 11.7. The number of carbonyl (C=O) groups is 2. The molecule has 5 nitrogen and oxygen atoms in total. The van der Waals surface area contributed by atoms with E-state index < -0.39 is 0 Å². The van der Waals surface area contributed by atoms with Crippen molar-refractivity contribution in [2.75, 3.05) is 13.1 Å². The van der Waals surface area contributed by atoms with Gasteiger partial charge in [0.05, 0.1) is 16.3 Å². The van der Waals surface area contributed by atoms with Gasteiger partial charge in [-0.1, -0.05) is 45.0 Å². The summed E-state index contributed by atoms with van der Waals surface area (Å²) in [4.78, 5) is 32.0. The van der Waals surface area contributed by atoms with Crippen molar-refractivity contribution in [1.82, 2.24) is 15.2 Å². The number of hydrogen-bond acceptors (Lipinski definition) is 4. The molecule has 1 aliphatic heterocycles. The Bertz CT molecular complexity index is 1050. The fraction of sp³-hybridized carbons (Fsp3) is 0.400. The number of carbonyl (C=O) groups excluding carboxylic acids is 2. The summed E-state index contributed by atoms with van der Waals surface area (Å²) in [5.41, 5.74) is 2.85. The molecule has 2 amide bonds. The summed E-state index contributed by atoms with van der Waals surface area (Å²) < 4.78 is 1.15. The number of likely N-dealkylation sites (tertiary alicyclic amines) is 1. The maximum Gasteiger partial charge on any atom is 0.251 e. The Kier molecular flexibility index (Phi) is 6.10. The van der Waals surface area contributed by atoms with Crippen LogP contribution in [0.4, 0.5) is 0 Å². The normalized spacial score (nSPS) is 16.6. The van der Waals surface area contributed by atoms with Gasteiger partial charge in [0, 0.05) is 25.1 Å². The molecule has 31 heavy (non-hydrogen) atoms. The van der Waals surface area contributed by atoms with E-state index in [1.165, 1.54) is 5.56 Å². The lowest BCUT2D eigenvalue weighted by molar-refractivity contribution is -0.132. The minimum absolute atomic E-state index is 0.0468. The monoisotopic (exact) mass is 435 g/mol. The summed E-state index contributed by atoms with van der Waals surface area (Å²) in [6.45, 7) is 7.53. The largest absolute Gasteiger partial charge is 0.352 e. The molecule has 0 saturated carbocycles. The van der Waals surface area contributed by atoms with Gasteiger partial charge in [0.25, 0.3) is 5.91 Å². The average Bonchev–Trinajstić information content (AvgIpc) is 3.39. The van der Waals surface area contributed by atoms with Crippen molar-refractivity contribution in [3.05, 3.63) is 64.7 Å². The SMILES string of the molecule is CC(C)(C)c1ccc(C(=O)NCCC(=O)N2CCC[C@@H]2c2nc3ccccc3s2)cc1. The third-order valence-corrected chi connectivity index (χ3v) is 6.94. The first-order chi connectivity index (χ1) is 14.8. The van der Waals surface area contributed by atoms with Crippen molar-refractivity contribution in [1.29, 1.82) is 0 Å². The van der Waals surface area contributed by atoms with Crippen molar-refractivity contribution in [3.8, 4) is 0 Å². The molecule has 3 aromatic rings. The lowest BCUT2D eigenvalue weighted by Crippen LogP contribution is -2.34. The summed E-state index contributed by atoms with van der Waals surface area (Å²) in [6.07, 6.45) is 2.23. The first kappa shape index (κ1) is 21.5. The topological polar surface area (TPSA) is 62.3 Å². The van der Waals surface area contributed by atoms with Crippen LogP contribution in [0.3, 0.4) is 0 Å². The summed E-state index contributed by atoms with van der Waals surface area (Å²) in [5, 5.41) is 3.90. The van der Waals surface area contributed by atoms with Crippen LogP contribution in [0.2, 0.25) is 0 Å². The fourth-order valence-electron chi connectivity index (χ4n) is 4.00. The third-order valence-electron chi connectivity index (χ3n) is 5.81. The highest BCUT2D eigenvalue weighted by Crippen LogP contribution is 2.36. The zero-order valence-corrected chi connectivity index (χ0v) is 19.2. The Morgan fingerprint density at radius 2 is 1.87 bits per heavy atom. The molecular weight excluding hydrogens is 406 g/mol. The number of rotatable bonds is 5. The van der Waals surface area contributed by atoms with Crippen molar-refractivity contribution in [2.45, 2.75) is 51.5 Å². The number of nitrogens with zero attached hydrogens (tertiary/aromatic N) is 2. The Hall–Kier alpha value is -2.73. The highest BCUT2D eigenvalue weighted by molar-refractivity contribution is 7.18. The second-order valence-corrected chi connectivity index (χ2v) is 10.2. The van der Waals surface area contributed by atoms with Gasteiger partial charge < -0.3 is 10.2 Å². The van der Waals surface area contributed by atoms with E-state index in [-0.39, 0.29) is 23.3 Å². The molecular formula is C25H29N3O2S. The van der Waals surface area contributed by atoms with E-state index in [0.29, 0.717) is 18.5 Å². The molecule has 162 valence electrons. The van der Waals surface area contributed by atoms with Crippen LogP contribution >= 0.6 is 11.3 Å². The van der Waals surface area contributed by atoms with Gasteiger partial charge in [0.2, 0.25) is 5.91 Å². The molecule has 1 saturated heterocycles. The van der Waals surface area contributed by atoms with Gasteiger partial charge in [-0.15, -0.1) is 11.3 Å². The number of nitrogens with one attached hydrogen (secondary N) is 1. The summed E-state index contributed by atoms with van der Waals surface area (Å²) >= 11 is 1.67. The smallest absolute Gasteiger partial charge is 0.251 e. The zero-order chi connectivity index (χ0) is 22.0. The van der Waals surface area contributed by atoms with Gasteiger partial charge in [0.1, 0.15) is 5.01 Å². The van der Waals surface area contributed by atoms with Crippen LogP contribution in [0.25, 0.3) is 10.2 Å². The second kappa shape index (κ2) is 8.79. The molecule has 2 aromatic carbocycles. The van der Waals surface area contributed by atoms with Crippen LogP contribution in [-0.2, 0) is 10.2 Å². The summed E-state index contributed by atoms with van der Waals surface area (Å²) in [7, 11) is 0. The second-order valence-electron chi connectivity index (χ2n) is 9.10. The number of benzene rings is 2. The number of aromatic nitrogens is 1. The molecule has 0 spiro atoms. The van der Waals surface area contributed by atoms with Gasteiger partial charge >= 0.3 is 0 Å². The minimum atomic E-state index is -0.141. The molecule has 0 radical (unpaired) electrons. The van der Waals surface area contributed by atoms with Crippen LogP contribution in [0.1, 0.15) is 67.0 Å². The van der Waals surface area contributed by atoms with E-state index in [1.54, 1.807) is 11.3 Å². The molecule has 0 aliphatic carbocycles. The molecule has 1 aliphatic rings. The number of amides is 2. The molecule has 0 unspecified atom stereocenters. The number of hydrogen-bond donors (Lipinski definition) is 1.